The van der Waals surface area contributed by atoms with Crippen LogP contribution in [-0.4, -0.2) is 81.2 Å². The van der Waals surface area contributed by atoms with Gasteiger partial charge < -0.3 is 24.7 Å². The number of H-pyrrole nitrogens is 1. The molecular formula is C23H25N5O6S. The topological polar surface area (TPSA) is 134 Å². The SMILES string of the molecule is O=C(Nc1ccc(N2CCOCC2)cn1)c1cc(=O)[nH]c2ccc(S(=O)(=O)N3CCOCC3)cc12. The number of nitrogens with zero attached hydrogens (tertiary/aromatic N) is 3. The Kier molecular flexibility index (Phi) is 6.52. The lowest BCUT2D eigenvalue weighted by atomic mass is 10.1. The van der Waals surface area contributed by atoms with Crippen LogP contribution >= 0.6 is 0 Å². The summed E-state index contributed by atoms with van der Waals surface area (Å²) in [5, 5.41) is 3.03. The van der Waals surface area contributed by atoms with E-state index in [2.05, 4.69) is 20.2 Å². The van der Waals surface area contributed by atoms with Gasteiger partial charge in [-0.15, -0.1) is 0 Å². The number of benzene rings is 1. The molecule has 2 saturated heterocycles. The van der Waals surface area contributed by atoms with Crippen LogP contribution in [-0.2, 0) is 19.5 Å². The number of aromatic nitrogens is 2. The van der Waals surface area contributed by atoms with Crippen LogP contribution in [0.15, 0.2) is 52.3 Å². The lowest BCUT2D eigenvalue weighted by molar-refractivity contribution is 0.0730. The fraction of sp³-hybridized carbons (Fsp3) is 0.348. The van der Waals surface area contributed by atoms with E-state index in [1.165, 1.54) is 22.5 Å². The van der Waals surface area contributed by atoms with Gasteiger partial charge in [-0.25, -0.2) is 13.4 Å². The largest absolute Gasteiger partial charge is 0.379 e. The summed E-state index contributed by atoms with van der Waals surface area (Å²) in [6.45, 7) is 3.99. The molecule has 4 heterocycles. The summed E-state index contributed by atoms with van der Waals surface area (Å²) in [4.78, 5) is 34.5. The van der Waals surface area contributed by atoms with E-state index in [9.17, 15) is 18.0 Å². The number of carbonyl (C=O) groups excluding carboxylic acids is 1. The number of hydrogen-bond donors (Lipinski definition) is 2. The van der Waals surface area contributed by atoms with Gasteiger partial charge in [-0.3, -0.25) is 9.59 Å². The predicted octanol–water partition coefficient (Wildman–Crippen LogP) is 1.03. The Bertz CT molecular complexity index is 1390. The van der Waals surface area contributed by atoms with Gasteiger partial charge in [0.1, 0.15) is 5.82 Å². The van der Waals surface area contributed by atoms with E-state index >= 15 is 0 Å². The zero-order valence-corrected chi connectivity index (χ0v) is 19.7. The first-order chi connectivity index (χ1) is 16.9. The Balaban J connectivity index is 1.43. The Labute approximate surface area is 201 Å². The maximum atomic E-state index is 13.1. The number of sulfonamides is 1. The first-order valence-electron chi connectivity index (χ1n) is 11.3. The van der Waals surface area contributed by atoms with Crippen molar-refractivity contribution in [2.45, 2.75) is 4.90 Å². The molecule has 1 aromatic carbocycles. The zero-order valence-electron chi connectivity index (χ0n) is 18.9. The number of anilines is 2. The molecule has 1 amide bonds. The minimum Gasteiger partial charge on any atom is -0.379 e. The molecule has 0 atom stereocenters. The van der Waals surface area contributed by atoms with Gasteiger partial charge >= 0.3 is 0 Å². The van der Waals surface area contributed by atoms with E-state index in [-0.39, 0.29) is 23.5 Å². The molecule has 0 bridgehead atoms. The van der Waals surface area contributed by atoms with Crippen LogP contribution in [0.3, 0.4) is 0 Å². The van der Waals surface area contributed by atoms with Crippen molar-refractivity contribution >= 4 is 38.3 Å². The van der Waals surface area contributed by atoms with E-state index in [0.717, 1.165) is 24.8 Å². The number of rotatable bonds is 5. The summed E-state index contributed by atoms with van der Waals surface area (Å²) in [7, 11) is -3.78. The third kappa shape index (κ3) is 4.91. The summed E-state index contributed by atoms with van der Waals surface area (Å²) in [6, 6.07) is 9.04. The smallest absolute Gasteiger partial charge is 0.257 e. The van der Waals surface area contributed by atoms with Crippen LogP contribution in [0.1, 0.15) is 10.4 Å². The molecule has 0 radical (unpaired) electrons. The fourth-order valence-electron chi connectivity index (χ4n) is 4.17. The Morgan fingerprint density at radius 2 is 1.69 bits per heavy atom. The molecule has 0 unspecified atom stereocenters. The molecule has 0 spiro atoms. The second-order valence-electron chi connectivity index (χ2n) is 8.23. The number of hydrogen-bond acceptors (Lipinski definition) is 8. The molecule has 2 aromatic heterocycles. The highest BCUT2D eigenvalue weighted by molar-refractivity contribution is 7.89. The maximum Gasteiger partial charge on any atom is 0.257 e. The van der Waals surface area contributed by atoms with Crippen LogP contribution < -0.4 is 15.8 Å². The molecule has 184 valence electrons. The van der Waals surface area contributed by atoms with Crippen molar-refractivity contribution in [3.8, 4) is 0 Å². The summed E-state index contributed by atoms with van der Waals surface area (Å²) in [6.07, 6.45) is 1.67. The number of fused-ring (bicyclic) bond motifs is 1. The number of aromatic amines is 1. The molecular weight excluding hydrogens is 474 g/mol. The highest BCUT2D eigenvalue weighted by atomic mass is 32.2. The Hall–Kier alpha value is -3.32. The minimum absolute atomic E-state index is 0.0426. The van der Waals surface area contributed by atoms with Gasteiger partial charge in [0.05, 0.1) is 48.8 Å². The van der Waals surface area contributed by atoms with Crippen LogP contribution in [0.4, 0.5) is 11.5 Å². The lowest BCUT2D eigenvalue weighted by Crippen LogP contribution is -2.40. The molecule has 35 heavy (non-hydrogen) atoms. The van der Waals surface area contributed by atoms with Crippen LogP contribution in [0.2, 0.25) is 0 Å². The number of nitrogens with one attached hydrogen (secondary N) is 2. The molecule has 2 aliphatic rings. The number of pyridine rings is 2. The van der Waals surface area contributed by atoms with Gasteiger partial charge in [0.15, 0.2) is 0 Å². The number of morpholine rings is 2. The third-order valence-electron chi connectivity index (χ3n) is 6.03. The van der Waals surface area contributed by atoms with Crippen molar-refractivity contribution in [3.63, 3.8) is 0 Å². The van der Waals surface area contributed by atoms with E-state index in [1.54, 1.807) is 12.3 Å². The number of carbonyl (C=O) groups is 1. The molecule has 11 nitrogen and oxygen atoms in total. The van der Waals surface area contributed by atoms with Crippen molar-refractivity contribution in [2.75, 3.05) is 62.8 Å². The number of ether oxygens (including phenoxy) is 2. The molecule has 0 saturated carbocycles. The van der Waals surface area contributed by atoms with E-state index < -0.39 is 21.5 Å². The fourth-order valence-corrected chi connectivity index (χ4v) is 5.60. The van der Waals surface area contributed by atoms with Gasteiger partial charge in [-0.05, 0) is 30.3 Å². The van der Waals surface area contributed by atoms with Crippen molar-refractivity contribution in [3.05, 3.63) is 58.5 Å². The summed E-state index contributed by atoms with van der Waals surface area (Å²) in [5.41, 5.74) is 0.869. The van der Waals surface area contributed by atoms with Gasteiger partial charge in [0.25, 0.3) is 5.91 Å². The second kappa shape index (κ2) is 9.74. The van der Waals surface area contributed by atoms with Crippen LogP contribution in [0.25, 0.3) is 10.9 Å². The maximum absolute atomic E-state index is 13.1. The first kappa shape index (κ1) is 23.4. The predicted molar refractivity (Wildman–Crippen MR) is 129 cm³/mol. The third-order valence-corrected chi connectivity index (χ3v) is 7.93. The number of amides is 1. The monoisotopic (exact) mass is 499 g/mol. The van der Waals surface area contributed by atoms with Gasteiger partial charge in [-0.1, -0.05) is 0 Å². The molecule has 2 N–H and O–H groups in total. The minimum atomic E-state index is -3.78. The van der Waals surface area contributed by atoms with Crippen molar-refractivity contribution in [2.24, 2.45) is 0 Å². The van der Waals surface area contributed by atoms with Gasteiger partial charge in [-0.2, -0.15) is 4.31 Å². The van der Waals surface area contributed by atoms with Gasteiger partial charge in [0, 0.05) is 43.1 Å². The highest BCUT2D eigenvalue weighted by Gasteiger charge is 2.27. The first-order valence-corrected chi connectivity index (χ1v) is 12.7. The summed E-state index contributed by atoms with van der Waals surface area (Å²) >= 11 is 0. The van der Waals surface area contributed by atoms with Gasteiger partial charge in [0.2, 0.25) is 15.6 Å². The lowest BCUT2D eigenvalue weighted by Gasteiger charge is -2.28. The van der Waals surface area contributed by atoms with Crippen LogP contribution in [0.5, 0.6) is 0 Å². The molecule has 2 aliphatic heterocycles. The van der Waals surface area contributed by atoms with Crippen molar-refractivity contribution in [1.82, 2.24) is 14.3 Å². The van der Waals surface area contributed by atoms with E-state index in [1.807, 2.05) is 6.07 Å². The van der Waals surface area contributed by atoms with Crippen molar-refractivity contribution in [1.29, 1.82) is 0 Å². The molecule has 0 aliphatic carbocycles. The van der Waals surface area contributed by atoms with E-state index in [0.29, 0.717) is 43.1 Å². The molecule has 2 fully saturated rings. The highest BCUT2D eigenvalue weighted by Crippen LogP contribution is 2.24. The standard InChI is InChI=1S/C23H25N5O6S/c29-22-14-19(23(30)26-21-4-1-16(15-24-21)27-5-9-33-10-6-27)18-13-17(2-3-20(18)25-22)35(31,32)28-7-11-34-12-8-28/h1-4,13-15H,5-12H2,(H,25,29)(H,24,26,30). The normalized spacial score (nSPS) is 17.4. The molecule has 12 heteroatoms. The second-order valence-corrected chi connectivity index (χ2v) is 10.2. The average Bonchev–Trinajstić information content (AvgIpc) is 2.89. The molecule has 3 aromatic rings. The average molecular weight is 500 g/mol. The quantitative estimate of drug-likeness (QED) is 0.532. The molecule has 5 rings (SSSR count). The van der Waals surface area contributed by atoms with E-state index in [4.69, 9.17) is 9.47 Å². The summed E-state index contributed by atoms with van der Waals surface area (Å²) < 4.78 is 38.2. The Morgan fingerprint density at radius 3 is 2.37 bits per heavy atom. The summed E-state index contributed by atoms with van der Waals surface area (Å²) in [5.74, 6) is -0.244. The van der Waals surface area contributed by atoms with Crippen LogP contribution in [0, 0.1) is 0 Å². The zero-order chi connectivity index (χ0) is 24.4. The van der Waals surface area contributed by atoms with Crippen molar-refractivity contribution < 1.29 is 22.7 Å². The Morgan fingerprint density at radius 1 is 0.971 bits per heavy atom.